The molecular weight excluding hydrogens is 1060 g/mol. The lowest BCUT2D eigenvalue weighted by Crippen LogP contribution is -2.78. The Kier molecular flexibility index (Phi) is 13.4. The quantitative estimate of drug-likeness (QED) is 0.0679. The van der Waals surface area contributed by atoms with Crippen LogP contribution < -0.4 is 35.8 Å². The maximum absolute atomic E-state index is 14.6. The highest BCUT2D eigenvalue weighted by molar-refractivity contribution is 6.30. The number of halogens is 9. The van der Waals surface area contributed by atoms with Gasteiger partial charge in [-0.1, -0.05) is 17.7 Å². The van der Waals surface area contributed by atoms with Gasteiger partial charge in [0.15, 0.2) is 0 Å². The first kappa shape index (κ1) is 52.9. The molecule has 0 bridgehead atoms. The summed E-state index contributed by atoms with van der Waals surface area (Å²) < 4.78 is 110. The smallest absolute Gasteiger partial charge is 0.405 e. The molecule has 4 amide bonds. The number of rotatable bonds is 14. The molecule has 7 aliphatic rings. The molecular formula is C56H50ClF8N11O3. The van der Waals surface area contributed by atoms with Crippen molar-refractivity contribution < 1.29 is 49.4 Å². The topological polar surface area (TPSA) is 165 Å². The Morgan fingerprint density at radius 1 is 0.734 bits per heavy atom. The van der Waals surface area contributed by atoms with Crippen LogP contribution in [0.5, 0.6) is 5.75 Å². The van der Waals surface area contributed by atoms with Gasteiger partial charge in [0, 0.05) is 62.6 Å². The molecule has 3 aromatic carbocycles. The van der Waals surface area contributed by atoms with Crippen LogP contribution >= 0.6 is 11.6 Å². The molecule has 5 unspecified atom stereocenters. The normalized spacial score (nSPS) is 25.3. The first-order chi connectivity index (χ1) is 37.6. The number of allylic oxidation sites excluding steroid dienone is 8. The van der Waals surface area contributed by atoms with Gasteiger partial charge in [0.25, 0.3) is 0 Å². The average Bonchev–Trinajstić information content (AvgIpc) is 2.94. The number of nitrogens with one attached hydrogen (secondary N) is 6. The van der Waals surface area contributed by atoms with Crippen LogP contribution in [0.2, 0.25) is 5.02 Å². The summed E-state index contributed by atoms with van der Waals surface area (Å²) in [5.74, 6) is 0.697. The highest BCUT2D eigenvalue weighted by atomic mass is 35.5. The first-order valence-electron chi connectivity index (χ1n) is 25.3. The van der Waals surface area contributed by atoms with Crippen molar-refractivity contribution in [2.24, 2.45) is 17.8 Å². The van der Waals surface area contributed by atoms with E-state index in [1.807, 2.05) is 12.4 Å². The number of carbonyl (C=O) groups excluding carboxylic acids is 2. The van der Waals surface area contributed by atoms with E-state index in [1.165, 1.54) is 57.3 Å². The minimum absolute atomic E-state index is 0.000980. The summed E-state index contributed by atoms with van der Waals surface area (Å²) in [6.07, 6.45) is 9.46. The van der Waals surface area contributed by atoms with Crippen LogP contribution in [0.4, 0.5) is 78.8 Å². The summed E-state index contributed by atoms with van der Waals surface area (Å²) in [5.41, 5.74) is 3.94. The van der Waals surface area contributed by atoms with Gasteiger partial charge in [-0.05, 0) is 153 Å². The number of aromatic nitrogens is 1. The van der Waals surface area contributed by atoms with E-state index in [0.29, 0.717) is 62.0 Å². The van der Waals surface area contributed by atoms with E-state index < -0.39 is 49.7 Å². The first-order valence-corrected chi connectivity index (χ1v) is 25.6. The molecule has 3 fully saturated rings. The van der Waals surface area contributed by atoms with Crippen molar-refractivity contribution in [3.8, 4) is 5.75 Å². The Morgan fingerprint density at radius 3 is 1.90 bits per heavy atom. The highest BCUT2D eigenvalue weighted by Gasteiger charge is 2.73. The Bertz CT molecular complexity index is 3360. The molecule has 11 rings (SSSR count). The number of carbonyl (C=O) groups is 2. The molecule has 79 heavy (non-hydrogen) atoms. The molecule has 4 aromatic rings. The SMILES string of the molecule is CC1(N/C=C2/C=C(N3Cc4ccc(NCC(F)(F)F)cc4N(c4ccc(Cl)cc4)C3=O)C=CC2=N)CCC2C3CCC3(N/C=C3/C=C(N4Cc5ncc(NCC(F)(F)F)cc5N(c5ccc(OC(F)F)cc5)C4=O)C=CC3=N)C21. The summed E-state index contributed by atoms with van der Waals surface area (Å²) in [5, 5.41) is 30.5. The number of hydrogen-bond donors (Lipinski definition) is 6. The Balaban J connectivity index is 0.831. The summed E-state index contributed by atoms with van der Waals surface area (Å²) in [6.45, 7) is -3.52. The van der Waals surface area contributed by atoms with Crippen molar-refractivity contribution in [3.05, 3.63) is 167 Å². The average molecular weight is 1110 g/mol. The number of hydrogen-bond acceptors (Lipinski definition) is 10. The third kappa shape index (κ3) is 10.2. The molecule has 5 atom stereocenters. The van der Waals surface area contributed by atoms with Gasteiger partial charge in [-0.25, -0.2) is 9.59 Å². The number of alkyl halides is 8. The number of ether oxygens (including phenoxy) is 1. The summed E-state index contributed by atoms with van der Waals surface area (Å²) in [6, 6.07) is 16.8. The standard InChI is InChI=1S/C56H50ClF8N11O3/c1-53(71-24-32-20-39(10-14-44(32)66)73-27-31-2-5-35(69-29-55(60,61)62)22-47(31)75(51(73)77)37-6-3-34(57)4-7-37)18-16-42-43-17-19-54(43,49(42)53)72-25-33-21-40(11-15-45(33)67)74-28-46-48(23-36(26-68-46)70-30-56(63,64)65)76(52(74)78)38-8-12-41(13-9-38)79-50(58)59/h2-15,20-26,42-43,49-50,66-67,69-72H,16-19,27-30H2,1H3/b32-24-,33-25-,66-44?,67-45?. The fraction of sp³-hybridized carbons (Fsp3) is 0.304. The van der Waals surface area contributed by atoms with E-state index >= 15 is 0 Å². The molecule has 14 nitrogen and oxygen atoms in total. The number of pyridine rings is 1. The summed E-state index contributed by atoms with van der Waals surface area (Å²) in [7, 11) is 0. The molecule has 3 saturated carbocycles. The minimum atomic E-state index is -4.54. The van der Waals surface area contributed by atoms with E-state index in [1.54, 1.807) is 77.8 Å². The van der Waals surface area contributed by atoms with Crippen molar-refractivity contribution in [3.63, 3.8) is 0 Å². The van der Waals surface area contributed by atoms with Gasteiger partial charge >= 0.3 is 31.0 Å². The van der Waals surface area contributed by atoms with Crippen molar-refractivity contribution in [2.75, 3.05) is 33.5 Å². The number of benzene rings is 3. The van der Waals surface area contributed by atoms with Crippen LogP contribution in [-0.2, 0) is 13.1 Å². The lowest BCUT2D eigenvalue weighted by atomic mass is 9.40. The predicted octanol–water partition coefficient (Wildman–Crippen LogP) is 13.0. The second-order valence-electron chi connectivity index (χ2n) is 20.6. The van der Waals surface area contributed by atoms with Gasteiger partial charge in [0.2, 0.25) is 0 Å². The molecule has 0 spiro atoms. The molecule has 2 aliphatic heterocycles. The zero-order chi connectivity index (χ0) is 55.8. The fourth-order valence-corrected chi connectivity index (χ4v) is 12.3. The zero-order valence-electron chi connectivity index (χ0n) is 42.0. The predicted molar refractivity (Wildman–Crippen MR) is 283 cm³/mol. The van der Waals surface area contributed by atoms with Gasteiger partial charge in [-0.3, -0.25) is 24.6 Å². The second-order valence-corrected chi connectivity index (χ2v) is 21.1. The van der Waals surface area contributed by atoms with Crippen LogP contribution in [0, 0.1) is 28.6 Å². The molecule has 0 saturated heterocycles. The van der Waals surface area contributed by atoms with Crippen LogP contribution in [0.25, 0.3) is 0 Å². The second kappa shape index (κ2) is 19.9. The van der Waals surface area contributed by atoms with E-state index in [4.69, 9.17) is 22.4 Å². The van der Waals surface area contributed by atoms with Gasteiger partial charge in [0.1, 0.15) is 18.8 Å². The van der Waals surface area contributed by atoms with Crippen LogP contribution in [0.3, 0.4) is 0 Å². The molecule has 5 aliphatic carbocycles. The number of fused-ring (bicyclic) bond motifs is 6. The number of nitrogens with zero attached hydrogens (tertiary/aromatic N) is 5. The fourth-order valence-electron chi connectivity index (χ4n) is 12.2. The van der Waals surface area contributed by atoms with E-state index in [2.05, 4.69) is 37.9 Å². The van der Waals surface area contributed by atoms with Crippen molar-refractivity contribution >= 4 is 69.2 Å². The third-order valence-electron chi connectivity index (χ3n) is 15.8. The van der Waals surface area contributed by atoms with Gasteiger partial charge < -0.3 is 36.8 Å². The van der Waals surface area contributed by atoms with E-state index in [0.717, 1.165) is 25.7 Å². The molecule has 3 heterocycles. The summed E-state index contributed by atoms with van der Waals surface area (Å²) >= 11 is 6.21. The van der Waals surface area contributed by atoms with Gasteiger partial charge in [-0.2, -0.15) is 35.1 Å². The molecule has 0 radical (unpaired) electrons. The van der Waals surface area contributed by atoms with E-state index in [9.17, 15) is 44.7 Å². The van der Waals surface area contributed by atoms with Crippen molar-refractivity contribution in [2.45, 2.75) is 75.7 Å². The minimum Gasteiger partial charge on any atom is -0.435 e. The van der Waals surface area contributed by atoms with Crippen LogP contribution in [0.1, 0.15) is 43.9 Å². The van der Waals surface area contributed by atoms with Gasteiger partial charge in [0.05, 0.1) is 64.8 Å². The van der Waals surface area contributed by atoms with Crippen molar-refractivity contribution in [1.29, 1.82) is 10.8 Å². The van der Waals surface area contributed by atoms with Crippen molar-refractivity contribution in [1.82, 2.24) is 25.4 Å². The zero-order valence-corrected chi connectivity index (χ0v) is 42.7. The Morgan fingerprint density at radius 2 is 1.30 bits per heavy atom. The van der Waals surface area contributed by atoms with Gasteiger partial charge in [-0.15, -0.1) is 0 Å². The maximum atomic E-state index is 14.6. The van der Waals surface area contributed by atoms with Crippen LogP contribution in [0.15, 0.2) is 150 Å². The maximum Gasteiger partial charge on any atom is 0.405 e. The molecule has 410 valence electrons. The largest absolute Gasteiger partial charge is 0.435 e. The third-order valence-corrected chi connectivity index (χ3v) is 16.1. The molecule has 6 N–H and O–H groups in total. The molecule has 23 heteroatoms. The lowest BCUT2D eigenvalue weighted by Gasteiger charge is -2.70. The summed E-state index contributed by atoms with van der Waals surface area (Å²) in [4.78, 5) is 39.2. The highest BCUT2D eigenvalue weighted by Crippen LogP contribution is 2.69. The van der Waals surface area contributed by atoms with E-state index in [-0.39, 0.29) is 64.5 Å². The monoisotopic (exact) mass is 1110 g/mol. The Hall–Kier alpha value is -8.14. The van der Waals surface area contributed by atoms with Crippen LogP contribution in [-0.4, -0.2) is 81.4 Å². The number of anilines is 6. The number of amides is 4. The lowest BCUT2D eigenvalue weighted by molar-refractivity contribution is -0.149. The molecule has 1 aromatic heterocycles. The number of urea groups is 2. The Labute approximate surface area is 452 Å².